The molecule has 0 bridgehead atoms. The van der Waals surface area contributed by atoms with Crippen LogP contribution in [0.25, 0.3) is 0 Å². The van der Waals surface area contributed by atoms with E-state index in [4.69, 9.17) is 0 Å². The van der Waals surface area contributed by atoms with Crippen LogP contribution in [-0.4, -0.2) is 24.2 Å². The van der Waals surface area contributed by atoms with E-state index < -0.39 is 6.10 Å². The number of aryl methyl sites for hydroxylation is 2. The van der Waals surface area contributed by atoms with E-state index in [-0.39, 0.29) is 0 Å². The minimum atomic E-state index is -0.727. The van der Waals surface area contributed by atoms with Gasteiger partial charge in [-0.1, -0.05) is 4.49 Å². The zero-order chi connectivity index (χ0) is 10.1. The van der Waals surface area contributed by atoms with E-state index in [1.807, 2.05) is 14.0 Å². The van der Waals surface area contributed by atoms with Crippen molar-refractivity contribution < 1.29 is 5.11 Å². The Balaban J connectivity index is 2.38. The molecule has 0 aromatic carbocycles. The van der Waals surface area contributed by atoms with Crippen molar-refractivity contribution in [3.63, 3.8) is 0 Å². The van der Waals surface area contributed by atoms with Crippen molar-refractivity contribution in [3.8, 4) is 0 Å². The molecule has 0 saturated heterocycles. The van der Waals surface area contributed by atoms with E-state index in [0.717, 1.165) is 10.6 Å². The molecule has 0 fully saturated rings. The van der Waals surface area contributed by atoms with Crippen molar-refractivity contribution in [3.05, 3.63) is 28.8 Å². The minimum Gasteiger partial charge on any atom is -0.379 e. The van der Waals surface area contributed by atoms with E-state index in [2.05, 4.69) is 14.6 Å². The topological polar surface area (TPSA) is 63.8 Å². The molecule has 2 heterocycles. The number of hydrogen-bond donors (Lipinski definition) is 1. The maximum absolute atomic E-state index is 9.98. The van der Waals surface area contributed by atoms with Gasteiger partial charge in [-0.15, -0.1) is 5.10 Å². The molecule has 2 aromatic heterocycles. The molecular weight excluding hydrogens is 200 g/mol. The van der Waals surface area contributed by atoms with Crippen LogP contribution in [0.1, 0.15) is 22.5 Å². The molecule has 0 radical (unpaired) electrons. The third kappa shape index (κ3) is 1.42. The van der Waals surface area contributed by atoms with Crippen molar-refractivity contribution in [2.75, 3.05) is 0 Å². The van der Waals surface area contributed by atoms with Gasteiger partial charge in [-0.05, 0) is 18.5 Å². The highest BCUT2D eigenvalue weighted by atomic mass is 32.1. The van der Waals surface area contributed by atoms with Crippen LogP contribution in [0.15, 0.2) is 12.4 Å². The van der Waals surface area contributed by atoms with Gasteiger partial charge in [0, 0.05) is 19.4 Å². The number of rotatable bonds is 2. The van der Waals surface area contributed by atoms with Crippen LogP contribution < -0.4 is 0 Å². The highest BCUT2D eigenvalue weighted by Crippen LogP contribution is 2.24. The van der Waals surface area contributed by atoms with Crippen LogP contribution >= 0.6 is 11.5 Å². The van der Waals surface area contributed by atoms with E-state index in [1.165, 1.54) is 11.5 Å². The number of aliphatic hydroxyl groups is 1. The lowest BCUT2D eigenvalue weighted by Crippen LogP contribution is -2.06. The zero-order valence-corrected chi connectivity index (χ0v) is 8.69. The number of imidazole rings is 1. The van der Waals surface area contributed by atoms with Gasteiger partial charge in [-0.25, -0.2) is 4.98 Å². The lowest BCUT2D eigenvalue weighted by atomic mass is 10.2. The minimum absolute atomic E-state index is 0.610. The second-order valence-corrected chi connectivity index (χ2v) is 3.81. The summed E-state index contributed by atoms with van der Waals surface area (Å²) in [4.78, 5) is 4.83. The lowest BCUT2D eigenvalue weighted by molar-refractivity contribution is 0.209. The Kier molecular flexibility index (Phi) is 2.30. The van der Waals surface area contributed by atoms with Gasteiger partial charge in [-0.3, -0.25) is 0 Å². The van der Waals surface area contributed by atoms with Crippen LogP contribution in [0.2, 0.25) is 0 Å². The summed E-state index contributed by atoms with van der Waals surface area (Å²) in [5.74, 6) is 0.610. The molecule has 2 aromatic rings. The molecule has 2 rings (SSSR count). The smallest absolute Gasteiger partial charge is 0.149 e. The monoisotopic (exact) mass is 210 g/mol. The molecule has 0 aliphatic rings. The summed E-state index contributed by atoms with van der Waals surface area (Å²) < 4.78 is 5.56. The Bertz CT molecular complexity index is 396. The molecule has 74 valence electrons. The second kappa shape index (κ2) is 3.47. The number of aromatic nitrogens is 4. The summed E-state index contributed by atoms with van der Waals surface area (Å²) in [5, 5.41) is 13.8. The average Bonchev–Trinajstić information content (AvgIpc) is 2.73. The maximum Gasteiger partial charge on any atom is 0.149 e. The van der Waals surface area contributed by atoms with Gasteiger partial charge < -0.3 is 9.67 Å². The van der Waals surface area contributed by atoms with Crippen molar-refractivity contribution in [1.29, 1.82) is 0 Å². The molecule has 0 aliphatic carbocycles. The Morgan fingerprint density at radius 1 is 1.57 bits per heavy atom. The summed E-state index contributed by atoms with van der Waals surface area (Å²) >= 11 is 1.20. The Morgan fingerprint density at radius 3 is 2.86 bits per heavy atom. The Morgan fingerprint density at radius 2 is 2.36 bits per heavy atom. The standard InChI is InChI=1S/C8H10N4OS/c1-5-7(14-11-10-5)6(13)8-9-3-4-12(8)2/h3-4,6,13H,1-2H3. The molecule has 14 heavy (non-hydrogen) atoms. The first-order valence-electron chi connectivity index (χ1n) is 4.14. The zero-order valence-electron chi connectivity index (χ0n) is 7.88. The van der Waals surface area contributed by atoms with Crippen LogP contribution in [-0.2, 0) is 7.05 Å². The summed E-state index contributed by atoms with van der Waals surface area (Å²) in [7, 11) is 1.84. The van der Waals surface area contributed by atoms with Crippen LogP contribution in [0.3, 0.4) is 0 Å². The summed E-state index contributed by atoms with van der Waals surface area (Å²) in [5.41, 5.74) is 0.755. The molecule has 1 unspecified atom stereocenters. The number of aliphatic hydroxyl groups excluding tert-OH is 1. The van der Waals surface area contributed by atoms with E-state index >= 15 is 0 Å². The molecule has 0 amide bonds. The lowest BCUT2D eigenvalue weighted by Gasteiger charge is -2.07. The highest BCUT2D eigenvalue weighted by Gasteiger charge is 2.19. The predicted octanol–water partition coefficient (Wildman–Crippen LogP) is 0.662. The third-order valence-corrected chi connectivity index (χ3v) is 2.92. The molecule has 1 N–H and O–H groups in total. The fourth-order valence-electron chi connectivity index (χ4n) is 1.25. The maximum atomic E-state index is 9.98. The summed E-state index contributed by atoms with van der Waals surface area (Å²) in [6, 6.07) is 0. The van der Waals surface area contributed by atoms with Crippen LogP contribution in [0, 0.1) is 6.92 Å². The van der Waals surface area contributed by atoms with Gasteiger partial charge in [0.1, 0.15) is 11.9 Å². The first kappa shape index (κ1) is 9.29. The van der Waals surface area contributed by atoms with Gasteiger partial charge >= 0.3 is 0 Å². The van der Waals surface area contributed by atoms with E-state index in [1.54, 1.807) is 17.0 Å². The van der Waals surface area contributed by atoms with Crippen molar-refractivity contribution in [1.82, 2.24) is 19.1 Å². The summed E-state index contributed by atoms with van der Waals surface area (Å²) in [6.45, 7) is 1.82. The molecular formula is C8H10N4OS. The average molecular weight is 210 g/mol. The fraction of sp³-hybridized carbons (Fsp3) is 0.375. The van der Waals surface area contributed by atoms with E-state index in [0.29, 0.717) is 5.82 Å². The van der Waals surface area contributed by atoms with Crippen molar-refractivity contribution in [2.24, 2.45) is 7.05 Å². The second-order valence-electron chi connectivity index (χ2n) is 3.02. The third-order valence-electron chi connectivity index (χ3n) is 2.04. The van der Waals surface area contributed by atoms with Gasteiger partial charge in [0.25, 0.3) is 0 Å². The van der Waals surface area contributed by atoms with Gasteiger partial charge in [0.05, 0.1) is 10.6 Å². The molecule has 6 heteroatoms. The SMILES string of the molecule is Cc1nnsc1C(O)c1nccn1C. The molecule has 0 saturated carbocycles. The summed E-state index contributed by atoms with van der Waals surface area (Å²) in [6.07, 6.45) is 2.72. The van der Waals surface area contributed by atoms with Gasteiger partial charge in [0.15, 0.2) is 0 Å². The van der Waals surface area contributed by atoms with Gasteiger partial charge in [-0.2, -0.15) is 0 Å². The first-order valence-corrected chi connectivity index (χ1v) is 4.91. The Labute approximate surface area is 85.2 Å². The number of hydrogen-bond acceptors (Lipinski definition) is 5. The largest absolute Gasteiger partial charge is 0.379 e. The predicted molar refractivity (Wildman–Crippen MR) is 51.9 cm³/mol. The first-order chi connectivity index (χ1) is 6.70. The normalized spacial score (nSPS) is 13.1. The van der Waals surface area contributed by atoms with Crippen molar-refractivity contribution in [2.45, 2.75) is 13.0 Å². The van der Waals surface area contributed by atoms with Crippen LogP contribution in [0.4, 0.5) is 0 Å². The van der Waals surface area contributed by atoms with E-state index in [9.17, 15) is 5.11 Å². The quantitative estimate of drug-likeness (QED) is 0.791. The van der Waals surface area contributed by atoms with Crippen LogP contribution in [0.5, 0.6) is 0 Å². The molecule has 0 spiro atoms. The molecule has 5 nitrogen and oxygen atoms in total. The number of nitrogens with zero attached hydrogens (tertiary/aromatic N) is 4. The molecule has 1 atom stereocenters. The fourth-order valence-corrected chi connectivity index (χ4v) is 1.88. The Hall–Kier alpha value is -1.27. The van der Waals surface area contributed by atoms with Crippen molar-refractivity contribution >= 4 is 11.5 Å². The van der Waals surface area contributed by atoms with Gasteiger partial charge in [0.2, 0.25) is 0 Å². The molecule has 0 aliphatic heterocycles. The highest BCUT2D eigenvalue weighted by molar-refractivity contribution is 7.05.